The van der Waals surface area contributed by atoms with Gasteiger partial charge in [-0.15, -0.1) is 0 Å². The Morgan fingerprint density at radius 3 is 2.64 bits per heavy atom. The van der Waals surface area contributed by atoms with Crippen molar-refractivity contribution in [2.24, 2.45) is 0 Å². The molecule has 0 unspecified atom stereocenters. The van der Waals surface area contributed by atoms with Gasteiger partial charge < -0.3 is 14.3 Å². The average Bonchev–Trinajstić information content (AvgIpc) is 2.99. The third kappa shape index (κ3) is 3.85. The van der Waals surface area contributed by atoms with Crippen LogP contribution in [0.5, 0.6) is 5.75 Å². The van der Waals surface area contributed by atoms with Crippen molar-refractivity contribution >= 4 is 5.97 Å². The van der Waals surface area contributed by atoms with Gasteiger partial charge in [-0.25, -0.2) is 9.37 Å². The van der Waals surface area contributed by atoms with Crippen LogP contribution in [0.2, 0.25) is 0 Å². The van der Waals surface area contributed by atoms with E-state index in [4.69, 9.17) is 9.15 Å². The fraction of sp³-hybridized carbons (Fsp3) is 0.158. The van der Waals surface area contributed by atoms with Crippen LogP contribution in [0.1, 0.15) is 12.6 Å². The number of oxazole rings is 1. The Balaban J connectivity index is 2.04. The summed E-state index contributed by atoms with van der Waals surface area (Å²) in [6.45, 7) is 1.99. The number of carbonyl (C=O) groups is 1. The average molecular weight is 341 g/mol. The van der Waals surface area contributed by atoms with Crippen LogP contribution in [0.15, 0.2) is 52.9 Å². The molecule has 0 bridgehead atoms. The minimum Gasteiger partial charge on any atom is -0.508 e. The lowest BCUT2D eigenvalue weighted by Gasteiger charge is -2.02. The molecule has 1 N–H and O–H groups in total. The number of nitrogens with zero attached hydrogens (tertiary/aromatic N) is 1. The van der Waals surface area contributed by atoms with Crippen LogP contribution in [0.25, 0.3) is 22.8 Å². The Morgan fingerprint density at radius 2 is 1.96 bits per heavy atom. The summed E-state index contributed by atoms with van der Waals surface area (Å²) in [5, 5.41) is 9.69. The van der Waals surface area contributed by atoms with Crippen LogP contribution >= 0.6 is 0 Å². The van der Waals surface area contributed by atoms with Crippen molar-refractivity contribution in [3.05, 3.63) is 60.0 Å². The number of hydrogen-bond acceptors (Lipinski definition) is 5. The molecule has 0 spiro atoms. The lowest BCUT2D eigenvalue weighted by molar-refractivity contribution is -0.142. The highest BCUT2D eigenvalue weighted by Gasteiger charge is 2.20. The highest BCUT2D eigenvalue weighted by Crippen LogP contribution is 2.32. The zero-order valence-corrected chi connectivity index (χ0v) is 13.5. The normalized spacial score (nSPS) is 10.6. The lowest BCUT2D eigenvalue weighted by atomic mass is 10.1. The molecule has 2 aromatic carbocycles. The first-order valence-electron chi connectivity index (χ1n) is 7.77. The van der Waals surface area contributed by atoms with Crippen molar-refractivity contribution in [2.75, 3.05) is 6.61 Å². The first kappa shape index (κ1) is 16.7. The van der Waals surface area contributed by atoms with Crippen LogP contribution in [0.3, 0.4) is 0 Å². The van der Waals surface area contributed by atoms with E-state index in [1.807, 2.05) is 0 Å². The van der Waals surface area contributed by atoms with Crippen LogP contribution in [-0.2, 0) is 16.0 Å². The number of aromatic nitrogens is 1. The Hall–Kier alpha value is -3.15. The second-order valence-corrected chi connectivity index (χ2v) is 5.33. The summed E-state index contributed by atoms with van der Waals surface area (Å²) in [6, 6.07) is 12.2. The van der Waals surface area contributed by atoms with Crippen molar-refractivity contribution in [1.82, 2.24) is 4.98 Å². The van der Waals surface area contributed by atoms with Crippen molar-refractivity contribution in [1.29, 1.82) is 0 Å². The Bertz CT molecular complexity index is 887. The van der Waals surface area contributed by atoms with E-state index in [9.17, 15) is 14.3 Å². The van der Waals surface area contributed by atoms with E-state index in [2.05, 4.69) is 4.98 Å². The highest BCUT2D eigenvalue weighted by molar-refractivity contribution is 5.76. The summed E-state index contributed by atoms with van der Waals surface area (Å²) < 4.78 is 23.9. The van der Waals surface area contributed by atoms with E-state index < -0.39 is 5.97 Å². The quantitative estimate of drug-likeness (QED) is 0.711. The maximum Gasteiger partial charge on any atom is 0.312 e. The summed E-state index contributed by atoms with van der Waals surface area (Å²) in [6.07, 6.45) is -0.0659. The third-order valence-corrected chi connectivity index (χ3v) is 3.51. The molecular weight excluding hydrogens is 325 g/mol. The molecule has 0 atom stereocenters. The first-order valence-corrected chi connectivity index (χ1v) is 7.77. The molecule has 0 aliphatic rings. The molecule has 1 aromatic heterocycles. The SMILES string of the molecule is CCOC(=O)Cc1nc(-c2ccc(F)cc2)oc1-c1cccc(O)c1. The van der Waals surface area contributed by atoms with Crippen molar-refractivity contribution in [3.63, 3.8) is 0 Å². The summed E-state index contributed by atoms with van der Waals surface area (Å²) >= 11 is 0. The van der Waals surface area contributed by atoms with Gasteiger partial charge in [0, 0.05) is 11.1 Å². The van der Waals surface area contributed by atoms with Crippen LogP contribution in [-0.4, -0.2) is 22.7 Å². The van der Waals surface area contributed by atoms with E-state index in [1.54, 1.807) is 31.2 Å². The predicted octanol–water partition coefficient (Wildman–Crippen LogP) is 3.96. The number of phenolic OH excluding ortho intramolecular Hbond substituents is 1. The zero-order chi connectivity index (χ0) is 17.8. The van der Waals surface area contributed by atoms with Gasteiger partial charge in [-0.1, -0.05) is 12.1 Å². The molecule has 0 saturated heterocycles. The zero-order valence-electron chi connectivity index (χ0n) is 13.5. The van der Waals surface area contributed by atoms with Gasteiger partial charge in [0.1, 0.15) is 11.6 Å². The number of ether oxygens (including phenoxy) is 1. The number of esters is 1. The molecule has 0 fully saturated rings. The van der Waals surface area contributed by atoms with Gasteiger partial charge >= 0.3 is 5.97 Å². The Kier molecular flexibility index (Phi) is 4.79. The fourth-order valence-electron chi connectivity index (χ4n) is 2.41. The van der Waals surface area contributed by atoms with Gasteiger partial charge in [-0.2, -0.15) is 0 Å². The van der Waals surface area contributed by atoms with Crippen LogP contribution in [0.4, 0.5) is 4.39 Å². The molecule has 3 rings (SSSR count). The number of benzene rings is 2. The van der Waals surface area contributed by atoms with Gasteiger partial charge in [0.15, 0.2) is 5.76 Å². The molecule has 3 aromatic rings. The van der Waals surface area contributed by atoms with Gasteiger partial charge in [-0.3, -0.25) is 4.79 Å². The maximum absolute atomic E-state index is 13.1. The van der Waals surface area contributed by atoms with Gasteiger partial charge in [0.05, 0.1) is 18.7 Å². The van der Waals surface area contributed by atoms with Gasteiger partial charge in [0.2, 0.25) is 5.89 Å². The number of rotatable bonds is 5. The number of phenols is 1. The largest absolute Gasteiger partial charge is 0.508 e. The summed E-state index contributed by atoms with van der Waals surface area (Å²) in [7, 11) is 0. The summed E-state index contributed by atoms with van der Waals surface area (Å²) in [4.78, 5) is 16.2. The van der Waals surface area contributed by atoms with E-state index >= 15 is 0 Å². The molecule has 25 heavy (non-hydrogen) atoms. The first-order chi connectivity index (χ1) is 12.1. The van der Waals surface area contributed by atoms with Crippen LogP contribution in [0, 0.1) is 5.82 Å². The molecule has 6 heteroatoms. The van der Waals surface area contributed by atoms with E-state index in [0.29, 0.717) is 22.6 Å². The topological polar surface area (TPSA) is 72.6 Å². The maximum atomic E-state index is 13.1. The van der Waals surface area contributed by atoms with Gasteiger partial charge in [0.25, 0.3) is 0 Å². The standard InChI is InChI=1S/C19H16FNO4/c1-2-24-17(23)11-16-18(13-4-3-5-15(22)10-13)25-19(21-16)12-6-8-14(20)9-7-12/h3-10,22H,2,11H2,1H3. The van der Waals surface area contributed by atoms with Crippen molar-refractivity contribution < 1.29 is 23.4 Å². The Labute approximate surface area is 143 Å². The Morgan fingerprint density at radius 1 is 1.20 bits per heavy atom. The van der Waals surface area contributed by atoms with E-state index in [-0.39, 0.29) is 30.5 Å². The molecule has 0 saturated carbocycles. The smallest absolute Gasteiger partial charge is 0.312 e. The van der Waals surface area contributed by atoms with Crippen LogP contribution < -0.4 is 0 Å². The second kappa shape index (κ2) is 7.17. The third-order valence-electron chi connectivity index (χ3n) is 3.51. The molecule has 5 nitrogen and oxygen atoms in total. The van der Waals surface area contributed by atoms with Crippen molar-refractivity contribution in [3.8, 4) is 28.5 Å². The van der Waals surface area contributed by atoms with E-state index in [0.717, 1.165) is 0 Å². The molecule has 128 valence electrons. The van der Waals surface area contributed by atoms with E-state index in [1.165, 1.54) is 24.3 Å². The predicted molar refractivity (Wildman–Crippen MR) is 89.3 cm³/mol. The molecule has 1 heterocycles. The molecule has 0 radical (unpaired) electrons. The minimum atomic E-state index is -0.428. The number of halogens is 1. The molecule has 0 aliphatic heterocycles. The fourth-order valence-corrected chi connectivity index (χ4v) is 2.41. The molecular formula is C19H16FNO4. The lowest BCUT2D eigenvalue weighted by Crippen LogP contribution is -2.08. The summed E-state index contributed by atoms with van der Waals surface area (Å²) in [5.74, 6) is -0.0987. The molecule has 0 amide bonds. The highest BCUT2D eigenvalue weighted by atomic mass is 19.1. The minimum absolute atomic E-state index is 0.0659. The number of aromatic hydroxyl groups is 1. The van der Waals surface area contributed by atoms with Crippen molar-refractivity contribution in [2.45, 2.75) is 13.3 Å². The monoisotopic (exact) mass is 341 g/mol. The second-order valence-electron chi connectivity index (χ2n) is 5.33. The van der Waals surface area contributed by atoms with Gasteiger partial charge in [-0.05, 0) is 43.3 Å². The number of hydrogen-bond donors (Lipinski definition) is 1. The number of carbonyl (C=O) groups excluding carboxylic acids is 1. The molecule has 0 aliphatic carbocycles. The summed E-state index contributed by atoms with van der Waals surface area (Å²) in [5.41, 5.74) is 1.56.